The summed E-state index contributed by atoms with van der Waals surface area (Å²) < 4.78 is 1.01. The van der Waals surface area contributed by atoms with Crippen molar-refractivity contribution in [3.05, 3.63) is 25.1 Å². The molecule has 0 atom stereocenters. The number of fused-ring (bicyclic) bond motifs is 3. The molecule has 0 radical (unpaired) electrons. The summed E-state index contributed by atoms with van der Waals surface area (Å²) in [5.74, 6) is 0. The second-order valence-corrected chi connectivity index (χ2v) is 6.36. The van der Waals surface area contributed by atoms with Crippen LogP contribution in [0.25, 0.3) is 11.3 Å². The summed E-state index contributed by atoms with van der Waals surface area (Å²) in [7, 11) is 0. The molecule has 0 unspecified atom stereocenters. The predicted molar refractivity (Wildman–Crippen MR) is 60.5 cm³/mol. The molecule has 1 nitrogen and oxygen atoms in total. The molecule has 3 rings (SSSR count). The van der Waals surface area contributed by atoms with E-state index in [-0.39, 0.29) is 0 Å². The van der Waals surface area contributed by atoms with Crippen LogP contribution in [0.5, 0.6) is 0 Å². The third kappa shape index (κ3) is 1.20. The number of rotatable bonds is 0. The lowest BCUT2D eigenvalue weighted by atomic mass is 10.0. The number of halogens is 1. The van der Waals surface area contributed by atoms with E-state index in [4.69, 9.17) is 0 Å². The minimum Gasteiger partial charge on any atom is -0.229 e. The van der Waals surface area contributed by atoms with Gasteiger partial charge in [0.15, 0.2) is 3.92 Å². The van der Waals surface area contributed by atoms with E-state index in [1.807, 2.05) is 11.3 Å². The molecule has 0 fully saturated rings. The predicted octanol–water partition coefficient (Wildman–Crippen LogP) is 3.73. The van der Waals surface area contributed by atoms with Crippen molar-refractivity contribution in [2.24, 2.45) is 0 Å². The topological polar surface area (TPSA) is 12.9 Å². The van der Waals surface area contributed by atoms with E-state index in [2.05, 4.69) is 32.4 Å². The Hall–Kier alpha value is -0.190. The van der Waals surface area contributed by atoms with E-state index in [1.54, 1.807) is 11.3 Å². The van der Waals surface area contributed by atoms with Crippen LogP contribution >= 0.6 is 38.6 Å². The maximum atomic E-state index is 4.51. The van der Waals surface area contributed by atoms with E-state index in [1.165, 1.54) is 27.4 Å². The minimum absolute atomic E-state index is 1.01. The summed E-state index contributed by atoms with van der Waals surface area (Å²) >= 11 is 7.06. The van der Waals surface area contributed by atoms with Crippen molar-refractivity contribution < 1.29 is 0 Å². The molecule has 1 aliphatic carbocycles. The van der Waals surface area contributed by atoms with Gasteiger partial charge in [0.25, 0.3) is 0 Å². The third-order valence-electron chi connectivity index (χ3n) is 2.25. The van der Waals surface area contributed by atoms with E-state index >= 15 is 0 Å². The SMILES string of the molecule is Brc1nc2c(s1)CCc1sccc1-2. The van der Waals surface area contributed by atoms with Crippen LogP contribution in [-0.4, -0.2) is 4.98 Å². The molecule has 0 N–H and O–H groups in total. The molecule has 0 aliphatic heterocycles. The van der Waals surface area contributed by atoms with Crippen LogP contribution in [0.2, 0.25) is 0 Å². The maximum absolute atomic E-state index is 4.51. The third-order valence-corrected chi connectivity index (χ3v) is 4.80. The minimum atomic E-state index is 1.01. The quantitative estimate of drug-likeness (QED) is 0.712. The fraction of sp³-hybridized carbons (Fsp3) is 0.222. The van der Waals surface area contributed by atoms with Gasteiger partial charge in [-0.1, -0.05) is 0 Å². The fourth-order valence-electron chi connectivity index (χ4n) is 1.68. The summed E-state index contributed by atoms with van der Waals surface area (Å²) in [5, 5.41) is 2.16. The Kier molecular flexibility index (Phi) is 1.82. The van der Waals surface area contributed by atoms with Crippen molar-refractivity contribution in [2.45, 2.75) is 12.8 Å². The van der Waals surface area contributed by atoms with Gasteiger partial charge < -0.3 is 0 Å². The van der Waals surface area contributed by atoms with Gasteiger partial charge in [-0.3, -0.25) is 0 Å². The average Bonchev–Trinajstić information content (AvgIpc) is 2.65. The van der Waals surface area contributed by atoms with Crippen LogP contribution in [0.3, 0.4) is 0 Å². The van der Waals surface area contributed by atoms with Gasteiger partial charge in [-0.05, 0) is 40.2 Å². The molecular formula is C9H6BrNS2. The highest BCUT2D eigenvalue weighted by atomic mass is 79.9. The van der Waals surface area contributed by atoms with Gasteiger partial charge in [-0.15, -0.1) is 22.7 Å². The smallest absolute Gasteiger partial charge is 0.160 e. The lowest BCUT2D eigenvalue weighted by Gasteiger charge is -2.09. The first-order chi connectivity index (χ1) is 6.34. The number of aryl methyl sites for hydroxylation is 2. The molecule has 0 amide bonds. The number of nitrogens with zero attached hydrogens (tertiary/aromatic N) is 1. The lowest BCUT2D eigenvalue weighted by Crippen LogP contribution is -1.97. The molecule has 1 aliphatic rings. The molecule has 2 aromatic rings. The number of hydrogen-bond acceptors (Lipinski definition) is 3. The van der Waals surface area contributed by atoms with E-state index < -0.39 is 0 Å². The largest absolute Gasteiger partial charge is 0.229 e. The molecule has 0 aromatic carbocycles. The van der Waals surface area contributed by atoms with Gasteiger partial charge in [-0.25, -0.2) is 4.98 Å². The Balaban J connectivity index is 2.29. The zero-order valence-electron chi connectivity index (χ0n) is 6.71. The molecular weight excluding hydrogens is 266 g/mol. The monoisotopic (exact) mass is 271 g/mol. The number of thiazole rings is 1. The first-order valence-electron chi connectivity index (χ1n) is 4.06. The van der Waals surface area contributed by atoms with Crippen molar-refractivity contribution in [2.75, 3.05) is 0 Å². The van der Waals surface area contributed by atoms with Gasteiger partial charge in [0, 0.05) is 15.3 Å². The highest BCUT2D eigenvalue weighted by Crippen LogP contribution is 2.39. The Morgan fingerprint density at radius 1 is 1.31 bits per heavy atom. The highest BCUT2D eigenvalue weighted by Gasteiger charge is 2.20. The first-order valence-corrected chi connectivity index (χ1v) is 6.55. The second-order valence-electron chi connectivity index (χ2n) is 3.00. The van der Waals surface area contributed by atoms with E-state index in [0.717, 1.165) is 10.3 Å². The van der Waals surface area contributed by atoms with Crippen LogP contribution in [0, 0.1) is 0 Å². The fourth-order valence-corrected chi connectivity index (χ4v) is 4.12. The van der Waals surface area contributed by atoms with Crippen LogP contribution < -0.4 is 0 Å². The molecule has 0 saturated heterocycles. The summed E-state index contributed by atoms with van der Waals surface area (Å²) in [6.45, 7) is 0. The summed E-state index contributed by atoms with van der Waals surface area (Å²) in [6.07, 6.45) is 2.35. The molecule has 2 heterocycles. The van der Waals surface area contributed by atoms with Gasteiger partial charge in [0.2, 0.25) is 0 Å². The van der Waals surface area contributed by atoms with Gasteiger partial charge >= 0.3 is 0 Å². The number of thiophene rings is 1. The molecule has 0 spiro atoms. The lowest BCUT2D eigenvalue weighted by molar-refractivity contribution is 0.978. The van der Waals surface area contributed by atoms with Crippen LogP contribution in [0.4, 0.5) is 0 Å². The molecule has 0 bridgehead atoms. The molecule has 2 aromatic heterocycles. The Morgan fingerprint density at radius 2 is 2.15 bits per heavy atom. The normalized spacial score (nSPS) is 13.9. The highest BCUT2D eigenvalue weighted by molar-refractivity contribution is 9.11. The number of aromatic nitrogens is 1. The summed E-state index contributed by atoms with van der Waals surface area (Å²) in [5.41, 5.74) is 2.56. The van der Waals surface area contributed by atoms with Crippen LogP contribution in [0.15, 0.2) is 15.4 Å². The zero-order chi connectivity index (χ0) is 8.84. The van der Waals surface area contributed by atoms with E-state index in [0.29, 0.717) is 0 Å². The van der Waals surface area contributed by atoms with Gasteiger partial charge in [0.1, 0.15) is 0 Å². The average molecular weight is 272 g/mol. The van der Waals surface area contributed by atoms with E-state index in [9.17, 15) is 0 Å². The summed E-state index contributed by atoms with van der Waals surface area (Å²) in [6, 6.07) is 2.18. The van der Waals surface area contributed by atoms with Crippen molar-refractivity contribution >= 4 is 38.6 Å². The molecule has 0 saturated carbocycles. The Bertz CT molecular complexity index is 458. The van der Waals surface area contributed by atoms with Crippen molar-refractivity contribution in [1.82, 2.24) is 4.98 Å². The van der Waals surface area contributed by atoms with Crippen LogP contribution in [0.1, 0.15) is 9.75 Å². The Morgan fingerprint density at radius 3 is 3.08 bits per heavy atom. The zero-order valence-corrected chi connectivity index (χ0v) is 9.93. The number of hydrogen-bond donors (Lipinski definition) is 0. The molecule has 4 heteroatoms. The molecule has 66 valence electrons. The Labute approximate surface area is 92.6 Å². The summed E-state index contributed by atoms with van der Waals surface area (Å²) in [4.78, 5) is 7.43. The van der Waals surface area contributed by atoms with Crippen molar-refractivity contribution in [3.63, 3.8) is 0 Å². The van der Waals surface area contributed by atoms with Crippen molar-refractivity contribution in [3.8, 4) is 11.3 Å². The molecule has 13 heavy (non-hydrogen) atoms. The van der Waals surface area contributed by atoms with Crippen LogP contribution in [-0.2, 0) is 12.8 Å². The second kappa shape index (κ2) is 2.90. The first kappa shape index (κ1) is 8.15. The maximum Gasteiger partial charge on any atom is 0.160 e. The van der Waals surface area contributed by atoms with Gasteiger partial charge in [0.05, 0.1) is 5.69 Å². The van der Waals surface area contributed by atoms with Gasteiger partial charge in [-0.2, -0.15) is 0 Å². The van der Waals surface area contributed by atoms with Crippen molar-refractivity contribution in [1.29, 1.82) is 0 Å². The standard InChI is InChI=1S/C9H6BrNS2/c10-9-11-8-5-3-4-12-6(5)1-2-7(8)13-9/h3-4H,1-2H2.